The Labute approximate surface area is 235 Å². The molecule has 0 spiro atoms. The van der Waals surface area contributed by atoms with Crippen molar-refractivity contribution in [2.45, 2.75) is 217 Å². The first kappa shape index (κ1) is 43.1. The van der Waals surface area contributed by atoms with Gasteiger partial charge in [-0.25, -0.2) is 0 Å². The Balaban J connectivity index is -0.000000261. The van der Waals surface area contributed by atoms with Crippen LogP contribution in [0.1, 0.15) is 217 Å². The molecule has 0 radical (unpaired) electrons. The molecule has 0 aromatic carbocycles. The van der Waals surface area contributed by atoms with Crippen molar-refractivity contribution in [1.82, 2.24) is 0 Å². The molecule has 2 atom stereocenters. The van der Waals surface area contributed by atoms with Crippen LogP contribution in [0.15, 0.2) is 0 Å². The maximum absolute atomic E-state index is 2.46. The fourth-order valence-electron chi connectivity index (χ4n) is 4.10. The lowest BCUT2D eigenvalue weighted by atomic mass is 9.95. The lowest BCUT2D eigenvalue weighted by molar-refractivity contribution is 0.423. The van der Waals surface area contributed by atoms with Crippen molar-refractivity contribution in [3.63, 3.8) is 0 Å². The Morgan fingerprint density at radius 1 is 0.306 bits per heavy atom. The van der Waals surface area contributed by atoms with Crippen LogP contribution in [-0.2, 0) is 0 Å². The molecule has 0 aliphatic heterocycles. The minimum atomic E-state index is 0.935. The van der Waals surface area contributed by atoms with Crippen molar-refractivity contribution >= 4 is 0 Å². The number of hydrogen-bond acceptors (Lipinski definition) is 0. The normalized spacial score (nSPS) is 12.0. The zero-order chi connectivity index (χ0) is 28.3. The van der Waals surface area contributed by atoms with E-state index in [4.69, 9.17) is 0 Å². The number of rotatable bonds is 22. The summed E-state index contributed by atoms with van der Waals surface area (Å²) in [5.41, 5.74) is 0. The summed E-state index contributed by atoms with van der Waals surface area (Å²) in [6.45, 7) is 24.7. The molecule has 0 saturated carbocycles. The Bertz CT molecular complexity index is 297. The van der Waals surface area contributed by atoms with Crippen molar-refractivity contribution in [2.24, 2.45) is 17.8 Å². The highest BCUT2D eigenvalue weighted by molar-refractivity contribution is 4.56. The lowest BCUT2D eigenvalue weighted by Crippen LogP contribution is -1.96. The smallest absolute Gasteiger partial charge is 0.0443 e. The molecule has 0 fully saturated rings. The first-order chi connectivity index (χ1) is 17.4. The van der Waals surface area contributed by atoms with E-state index in [0.717, 1.165) is 17.8 Å². The molecule has 2 unspecified atom stereocenters. The molecule has 0 rings (SSSR count). The van der Waals surface area contributed by atoms with Gasteiger partial charge >= 0.3 is 0 Å². The molecule has 0 aromatic heterocycles. The van der Waals surface area contributed by atoms with Crippen LogP contribution in [0.2, 0.25) is 0 Å². The third-order valence-electron chi connectivity index (χ3n) is 7.74. The molecule has 0 nitrogen and oxygen atoms in total. The van der Waals surface area contributed by atoms with Gasteiger partial charge in [-0.05, 0) is 17.8 Å². The summed E-state index contributed by atoms with van der Waals surface area (Å²) in [5.74, 6) is 2.85. The van der Waals surface area contributed by atoms with Crippen molar-refractivity contribution in [2.75, 3.05) is 0 Å². The molecule has 0 aliphatic carbocycles. The highest BCUT2D eigenvalue weighted by Crippen LogP contribution is 2.19. The van der Waals surface area contributed by atoms with Gasteiger partial charge in [0.15, 0.2) is 0 Å². The van der Waals surface area contributed by atoms with Gasteiger partial charge in [-0.1, -0.05) is 217 Å². The van der Waals surface area contributed by atoms with Gasteiger partial charge in [0, 0.05) is 0 Å². The highest BCUT2D eigenvalue weighted by Gasteiger charge is 2.03. The van der Waals surface area contributed by atoms with Crippen LogP contribution in [0.5, 0.6) is 0 Å². The lowest BCUT2D eigenvalue weighted by Gasteiger charge is -2.11. The monoisotopic (exact) mass is 513 g/mol. The van der Waals surface area contributed by atoms with E-state index in [1.165, 1.54) is 141 Å². The molecule has 0 heteroatoms. The van der Waals surface area contributed by atoms with Crippen LogP contribution in [0.3, 0.4) is 0 Å². The topological polar surface area (TPSA) is 0 Å². The fraction of sp³-hybridized carbons (Fsp3) is 1.00. The average Bonchev–Trinajstić information content (AvgIpc) is 2.91. The summed E-state index contributed by atoms with van der Waals surface area (Å²) < 4.78 is 0. The van der Waals surface area contributed by atoms with E-state index in [-0.39, 0.29) is 0 Å². The zero-order valence-corrected chi connectivity index (χ0v) is 28.3. The van der Waals surface area contributed by atoms with E-state index in [2.05, 4.69) is 62.3 Å². The Morgan fingerprint density at radius 3 is 0.806 bits per heavy atom. The molecule has 0 saturated heterocycles. The molecule has 0 bridgehead atoms. The van der Waals surface area contributed by atoms with Crippen LogP contribution in [0, 0.1) is 17.8 Å². The molecule has 0 aromatic rings. The van der Waals surface area contributed by atoms with Gasteiger partial charge in [0.25, 0.3) is 0 Å². The molecule has 0 heterocycles. The SMILES string of the molecule is CC.CCC(C)CC.CCCCCCCC.CCCCCCCCC(C)CCCCCCC(C)CC. The van der Waals surface area contributed by atoms with Gasteiger partial charge in [0.1, 0.15) is 0 Å². The largest absolute Gasteiger partial charge is 0.0683 e. The molecule has 0 aliphatic rings. The predicted octanol–water partition coefficient (Wildman–Crippen LogP) is 14.6. The third-order valence-corrected chi connectivity index (χ3v) is 7.74. The van der Waals surface area contributed by atoms with E-state index < -0.39 is 0 Å². The molecule has 0 N–H and O–H groups in total. The summed E-state index contributed by atoms with van der Waals surface area (Å²) in [4.78, 5) is 0. The zero-order valence-electron chi connectivity index (χ0n) is 28.3. The van der Waals surface area contributed by atoms with Crippen molar-refractivity contribution in [1.29, 1.82) is 0 Å². The van der Waals surface area contributed by atoms with Crippen molar-refractivity contribution in [3.8, 4) is 0 Å². The summed E-state index contributed by atoms with van der Waals surface area (Å²) in [5, 5.41) is 0. The molecular weight excluding hydrogens is 432 g/mol. The molecule has 36 heavy (non-hydrogen) atoms. The Kier molecular flexibility index (Phi) is 50.4. The minimum absolute atomic E-state index is 0.935. The van der Waals surface area contributed by atoms with Gasteiger partial charge in [0.05, 0.1) is 0 Å². The van der Waals surface area contributed by atoms with Gasteiger partial charge in [-0.2, -0.15) is 0 Å². The molecular formula is C36H80. The van der Waals surface area contributed by atoms with Gasteiger partial charge in [-0.3, -0.25) is 0 Å². The fourth-order valence-corrected chi connectivity index (χ4v) is 4.10. The van der Waals surface area contributed by atoms with Gasteiger partial charge in [-0.15, -0.1) is 0 Å². The Hall–Kier alpha value is 0. The standard InChI is InChI=1S/C20H42.C8H18.C6H14.C2H6/c1-5-7-8-9-10-14-17-20(4)18-15-12-11-13-16-19(3)6-2;1-3-5-7-8-6-4-2;1-4-6(3)5-2;1-2/h19-20H,5-18H2,1-4H3;3-8H2,1-2H3;6H,4-5H2,1-3H3;1-2H3. The quantitative estimate of drug-likeness (QED) is 0.126. The van der Waals surface area contributed by atoms with E-state index in [0.29, 0.717) is 0 Å². The van der Waals surface area contributed by atoms with Crippen molar-refractivity contribution < 1.29 is 0 Å². The van der Waals surface area contributed by atoms with Crippen LogP contribution in [-0.4, -0.2) is 0 Å². The summed E-state index contributed by atoms with van der Waals surface area (Å²) >= 11 is 0. The minimum Gasteiger partial charge on any atom is -0.0683 e. The van der Waals surface area contributed by atoms with E-state index >= 15 is 0 Å². The summed E-state index contributed by atoms with van der Waals surface area (Å²) in [6.07, 6.45) is 31.4. The van der Waals surface area contributed by atoms with Gasteiger partial charge in [0.2, 0.25) is 0 Å². The summed E-state index contributed by atoms with van der Waals surface area (Å²) in [7, 11) is 0. The van der Waals surface area contributed by atoms with Crippen LogP contribution in [0.4, 0.5) is 0 Å². The maximum atomic E-state index is 2.46. The molecule has 0 amide bonds. The summed E-state index contributed by atoms with van der Waals surface area (Å²) in [6, 6.07) is 0. The maximum Gasteiger partial charge on any atom is -0.0443 e. The van der Waals surface area contributed by atoms with Crippen LogP contribution >= 0.6 is 0 Å². The Morgan fingerprint density at radius 2 is 0.556 bits per heavy atom. The highest BCUT2D eigenvalue weighted by atomic mass is 14.1. The van der Waals surface area contributed by atoms with Crippen LogP contribution < -0.4 is 0 Å². The van der Waals surface area contributed by atoms with Gasteiger partial charge < -0.3 is 0 Å². The van der Waals surface area contributed by atoms with Crippen molar-refractivity contribution in [3.05, 3.63) is 0 Å². The number of hydrogen-bond donors (Lipinski definition) is 0. The van der Waals surface area contributed by atoms with E-state index in [9.17, 15) is 0 Å². The first-order valence-corrected chi connectivity index (χ1v) is 17.4. The van der Waals surface area contributed by atoms with E-state index in [1.54, 1.807) is 0 Å². The van der Waals surface area contributed by atoms with Crippen LogP contribution in [0.25, 0.3) is 0 Å². The predicted molar refractivity (Wildman–Crippen MR) is 174 cm³/mol. The second-order valence-corrected chi connectivity index (χ2v) is 11.5. The second kappa shape index (κ2) is 42.1. The average molecular weight is 513 g/mol. The second-order valence-electron chi connectivity index (χ2n) is 11.5. The molecule has 224 valence electrons. The van der Waals surface area contributed by atoms with E-state index in [1.807, 2.05) is 13.8 Å². The number of unbranched alkanes of at least 4 members (excludes halogenated alkanes) is 13. The first-order valence-electron chi connectivity index (χ1n) is 17.4. The third kappa shape index (κ3) is 47.2.